The highest BCUT2D eigenvalue weighted by molar-refractivity contribution is 7.18. The molecular weight excluding hydrogens is 342 g/mol. The average Bonchev–Trinajstić information content (AvgIpc) is 3.36. The molecule has 0 unspecified atom stereocenters. The third kappa shape index (κ3) is 3.02. The molecule has 6 nitrogen and oxygen atoms in total. The summed E-state index contributed by atoms with van der Waals surface area (Å²) in [6, 6.07) is 7.75. The maximum atomic E-state index is 12.6. The molecule has 4 heterocycles. The molecule has 0 spiro atoms. The maximum Gasteiger partial charge on any atom is 0.324 e. The summed E-state index contributed by atoms with van der Waals surface area (Å²) in [7, 11) is 0. The monoisotopic (exact) mass is 357 g/mol. The number of likely N-dealkylation sites (tertiary alicyclic amines) is 1. The zero-order valence-electron chi connectivity index (χ0n) is 12.8. The first-order chi connectivity index (χ1) is 11.8. The van der Waals surface area contributed by atoms with Gasteiger partial charge in [-0.05, 0) is 47.4 Å². The van der Waals surface area contributed by atoms with Crippen molar-refractivity contribution in [3.8, 4) is 10.7 Å². The molecule has 0 saturated carbocycles. The van der Waals surface area contributed by atoms with E-state index in [1.165, 1.54) is 16.9 Å². The molecule has 3 aromatic rings. The molecule has 1 aliphatic heterocycles. The van der Waals surface area contributed by atoms with Crippen LogP contribution in [0, 0.1) is 0 Å². The van der Waals surface area contributed by atoms with Gasteiger partial charge in [0.05, 0.1) is 6.04 Å². The average molecular weight is 357 g/mol. The van der Waals surface area contributed by atoms with Crippen molar-refractivity contribution in [2.24, 2.45) is 0 Å². The number of pyridine rings is 1. The molecule has 2 amide bonds. The molecule has 0 aliphatic carbocycles. The van der Waals surface area contributed by atoms with Gasteiger partial charge in [-0.2, -0.15) is 11.3 Å². The summed E-state index contributed by atoms with van der Waals surface area (Å²) in [6.07, 6.45) is 3.73. The number of nitrogens with one attached hydrogen (secondary N) is 1. The van der Waals surface area contributed by atoms with Gasteiger partial charge in [0.2, 0.25) is 5.13 Å². The van der Waals surface area contributed by atoms with Gasteiger partial charge in [-0.15, -0.1) is 10.2 Å². The molecule has 24 heavy (non-hydrogen) atoms. The van der Waals surface area contributed by atoms with Crippen molar-refractivity contribution < 1.29 is 4.79 Å². The van der Waals surface area contributed by atoms with Crippen LogP contribution in [0.3, 0.4) is 0 Å². The third-order valence-electron chi connectivity index (χ3n) is 3.96. The Morgan fingerprint density at radius 1 is 1.29 bits per heavy atom. The Bertz CT molecular complexity index is 818. The Kier molecular flexibility index (Phi) is 4.22. The van der Waals surface area contributed by atoms with E-state index < -0.39 is 0 Å². The molecule has 3 aromatic heterocycles. The van der Waals surface area contributed by atoms with E-state index in [0.717, 1.165) is 25.1 Å². The smallest absolute Gasteiger partial charge is 0.317 e. The minimum Gasteiger partial charge on any atom is -0.317 e. The number of aromatic nitrogens is 3. The minimum absolute atomic E-state index is 0.118. The first-order valence-corrected chi connectivity index (χ1v) is 9.42. The van der Waals surface area contributed by atoms with Gasteiger partial charge in [0.15, 0.2) is 5.01 Å². The van der Waals surface area contributed by atoms with Crippen LogP contribution in [0.2, 0.25) is 0 Å². The van der Waals surface area contributed by atoms with Gasteiger partial charge >= 0.3 is 6.03 Å². The molecule has 0 aromatic carbocycles. The second-order valence-corrected chi connectivity index (χ2v) is 7.22. The minimum atomic E-state index is -0.118. The number of nitrogens with zero attached hydrogens (tertiary/aromatic N) is 4. The number of anilines is 1. The van der Waals surface area contributed by atoms with Gasteiger partial charge in [0, 0.05) is 12.7 Å². The van der Waals surface area contributed by atoms with E-state index in [1.807, 2.05) is 28.5 Å². The first kappa shape index (κ1) is 15.2. The number of carbonyl (C=O) groups excluding carboxylic acids is 1. The molecular formula is C16H15N5OS2. The summed E-state index contributed by atoms with van der Waals surface area (Å²) in [4.78, 5) is 18.7. The van der Waals surface area contributed by atoms with E-state index in [1.54, 1.807) is 17.5 Å². The topological polar surface area (TPSA) is 71.0 Å². The van der Waals surface area contributed by atoms with Crippen molar-refractivity contribution in [3.63, 3.8) is 0 Å². The maximum absolute atomic E-state index is 12.6. The van der Waals surface area contributed by atoms with Crippen molar-refractivity contribution in [1.82, 2.24) is 20.1 Å². The molecule has 8 heteroatoms. The van der Waals surface area contributed by atoms with Crippen LogP contribution in [-0.4, -0.2) is 32.7 Å². The van der Waals surface area contributed by atoms with E-state index >= 15 is 0 Å². The first-order valence-electron chi connectivity index (χ1n) is 7.66. The fourth-order valence-corrected chi connectivity index (χ4v) is 4.27. The van der Waals surface area contributed by atoms with Crippen molar-refractivity contribution in [2.75, 3.05) is 11.9 Å². The Labute approximate surface area is 147 Å². The van der Waals surface area contributed by atoms with Crippen molar-refractivity contribution in [1.29, 1.82) is 0 Å². The van der Waals surface area contributed by atoms with Gasteiger partial charge in [-0.25, -0.2) is 4.79 Å². The van der Waals surface area contributed by atoms with Crippen molar-refractivity contribution >= 4 is 33.8 Å². The van der Waals surface area contributed by atoms with Gasteiger partial charge in [0.25, 0.3) is 0 Å². The molecule has 1 atom stereocenters. The normalized spacial score (nSPS) is 17.2. The predicted molar refractivity (Wildman–Crippen MR) is 95.2 cm³/mol. The van der Waals surface area contributed by atoms with Gasteiger partial charge < -0.3 is 4.90 Å². The van der Waals surface area contributed by atoms with Crippen molar-refractivity contribution in [3.05, 3.63) is 46.8 Å². The van der Waals surface area contributed by atoms with E-state index in [0.29, 0.717) is 10.1 Å². The molecule has 1 saturated heterocycles. The summed E-state index contributed by atoms with van der Waals surface area (Å²) in [5.41, 5.74) is 1.96. The number of hydrogen-bond donors (Lipinski definition) is 1. The summed E-state index contributed by atoms with van der Waals surface area (Å²) in [6.45, 7) is 0.762. The highest BCUT2D eigenvalue weighted by atomic mass is 32.1. The number of urea groups is 1. The highest BCUT2D eigenvalue weighted by Gasteiger charge is 2.30. The largest absolute Gasteiger partial charge is 0.324 e. The second kappa shape index (κ2) is 6.66. The molecule has 122 valence electrons. The zero-order valence-corrected chi connectivity index (χ0v) is 14.4. The van der Waals surface area contributed by atoms with Crippen LogP contribution in [0.25, 0.3) is 10.7 Å². The van der Waals surface area contributed by atoms with Gasteiger partial charge in [0.1, 0.15) is 5.69 Å². The lowest BCUT2D eigenvalue weighted by Gasteiger charge is -2.23. The number of rotatable bonds is 3. The molecule has 4 rings (SSSR count). The number of carbonyl (C=O) groups is 1. The molecule has 0 bridgehead atoms. The number of thiophene rings is 1. The third-order valence-corrected chi connectivity index (χ3v) is 5.53. The predicted octanol–water partition coefficient (Wildman–Crippen LogP) is 4.03. The highest BCUT2D eigenvalue weighted by Crippen LogP contribution is 2.34. The van der Waals surface area contributed by atoms with E-state index in [-0.39, 0.29) is 12.1 Å². The lowest BCUT2D eigenvalue weighted by Crippen LogP contribution is -2.34. The van der Waals surface area contributed by atoms with Gasteiger partial charge in [-0.1, -0.05) is 17.4 Å². The Hall–Kier alpha value is -2.32. The van der Waals surface area contributed by atoms with E-state index in [4.69, 9.17) is 0 Å². The summed E-state index contributed by atoms with van der Waals surface area (Å²) in [5, 5.41) is 16.4. The molecule has 0 radical (unpaired) electrons. The van der Waals surface area contributed by atoms with E-state index in [2.05, 4.69) is 31.9 Å². The zero-order chi connectivity index (χ0) is 16.4. The Balaban J connectivity index is 1.47. The van der Waals surface area contributed by atoms with Crippen LogP contribution in [0.5, 0.6) is 0 Å². The fourth-order valence-electron chi connectivity index (χ4n) is 2.85. The lowest BCUT2D eigenvalue weighted by molar-refractivity contribution is 0.207. The molecule has 1 aliphatic rings. The van der Waals surface area contributed by atoms with Crippen LogP contribution in [0.4, 0.5) is 9.93 Å². The Morgan fingerprint density at radius 2 is 2.25 bits per heavy atom. The van der Waals surface area contributed by atoms with Crippen LogP contribution >= 0.6 is 22.7 Å². The lowest BCUT2D eigenvalue weighted by atomic mass is 10.1. The second-order valence-electron chi connectivity index (χ2n) is 5.47. The van der Waals surface area contributed by atoms with Crippen LogP contribution in [-0.2, 0) is 0 Å². The van der Waals surface area contributed by atoms with E-state index in [9.17, 15) is 4.79 Å². The Morgan fingerprint density at radius 3 is 3.04 bits per heavy atom. The van der Waals surface area contributed by atoms with Gasteiger partial charge in [-0.3, -0.25) is 10.3 Å². The summed E-state index contributed by atoms with van der Waals surface area (Å²) >= 11 is 2.99. The van der Waals surface area contributed by atoms with Crippen LogP contribution in [0.1, 0.15) is 24.4 Å². The SMILES string of the molecule is O=C(Nc1nnc(-c2ccccn2)s1)N1CCC[C@H]1c1ccsc1. The van der Waals surface area contributed by atoms with Crippen LogP contribution < -0.4 is 5.32 Å². The number of amides is 2. The summed E-state index contributed by atoms with van der Waals surface area (Å²) in [5.74, 6) is 0. The molecule has 1 N–H and O–H groups in total. The van der Waals surface area contributed by atoms with Crippen LogP contribution in [0.15, 0.2) is 41.2 Å². The number of hydrogen-bond acceptors (Lipinski definition) is 6. The summed E-state index contributed by atoms with van der Waals surface area (Å²) < 4.78 is 0. The molecule has 1 fully saturated rings. The fraction of sp³-hybridized carbons (Fsp3) is 0.250. The quantitative estimate of drug-likeness (QED) is 0.768. The van der Waals surface area contributed by atoms with Crippen molar-refractivity contribution in [2.45, 2.75) is 18.9 Å². The standard InChI is InChI=1S/C16H15N5OS2/c22-16(21-8-3-5-13(21)11-6-9-23-10-11)18-15-20-19-14(24-15)12-4-1-2-7-17-12/h1-2,4,6-7,9-10,13H,3,5,8H2,(H,18,20,22)/t13-/m0/s1.